The third-order valence-corrected chi connectivity index (χ3v) is 3.11. The van der Waals surface area contributed by atoms with Crippen LogP contribution < -0.4 is 11.5 Å². The molecule has 0 aliphatic carbocycles. The van der Waals surface area contributed by atoms with Crippen LogP contribution in [0.25, 0.3) is 11.3 Å². The lowest BCUT2D eigenvalue weighted by molar-refractivity contribution is 1.18. The SMILES string of the molecule is N#Cc1c(Br)cccc1-c1nc(N)nc(N)c1C#N. The second-order valence-corrected chi connectivity index (χ2v) is 4.43. The Hall–Kier alpha value is -2.64. The van der Waals surface area contributed by atoms with Crippen LogP contribution in [0.3, 0.4) is 0 Å². The lowest BCUT2D eigenvalue weighted by Gasteiger charge is -2.08. The van der Waals surface area contributed by atoms with Crippen LogP contribution in [0.15, 0.2) is 22.7 Å². The minimum atomic E-state index is -0.0460. The molecular formula is C12H7BrN6. The number of benzene rings is 1. The van der Waals surface area contributed by atoms with Gasteiger partial charge >= 0.3 is 0 Å². The highest BCUT2D eigenvalue weighted by molar-refractivity contribution is 9.10. The molecular weight excluding hydrogens is 308 g/mol. The van der Waals surface area contributed by atoms with Crippen molar-refractivity contribution in [3.8, 4) is 23.4 Å². The van der Waals surface area contributed by atoms with Gasteiger partial charge in [0, 0.05) is 10.0 Å². The van der Waals surface area contributed by atoms with Crippen LogP contribution in [0.1, 0.15) is 11.1 Å². The molecule has 0 aliphatic rings. The fourth-order valence-electron chi connectivity index (χ4n) is 1.64. The van der Waals surface area contributed by atoms with E-state index < -0.39 is 0 Å². The quantitative estimate of drug-likeness (QED) is 0.826. The maximum absolute atomic E-state index is 9.19. The lowest BCUT2D eigenvalue weighted by atomic mass is 10.0. The van der Waals surface area contributed by atoms with Crippen LogP contribution in [0.4, 0.5) is 11.8 Å². The fraction of sp³-hybridized carbons (Fsp3) is 0. The predicted octanol–water partition coefficient (Wildman–Crippen LogP) is 1.81. The zero-order valence-electron chi connectivity index (χ0n) is 9.55. The number of aromatic nitrogens is 2. The van der Waals surface area contributed by atoms with Gasteiger partial charge in [0.1, 0.15) is 23.5 Å². The number of anilines is 2. The average Bonchev–Trinajstić information content (AvgIpc) is 2.37. The first-order valence-corrected chi connectivity index (χ1v) is 5.89. The molecule has 0 unspecified atom stereocenters. The third-order valence-electron chi connectivity index (χ3n) is 2.45. The van der Waals surface area contributed by atoms with Crippen LogP contribution >= 0.6 is 15.9 Å². The Morgan fingerprint density at radius 3 is 2.37 bits per heavy atom. The van der Waals surface area contributed by atoms with E-state index in [-0.39, 0.29) is 23.0 Å². The van der Waals surface area contributed by atoms with Crippen molar-refractivity contribution in [1.82, 2.24) is 9.97 Å². The van der Waals surface area contributed by atoms with Crippen LogP contribution in [-0.2, 0) is 0 Å². The monoisotopic (exact) mass is 314 g/mol. The van der Waals surface area contributed by atoms with Crippen molar-refractivity contribution in [2.45, 2.75) is 0 Å². The maximum Gasteiger partial charge on any atom is 0.222 e. The third kappa shape index (κ3) is 2.19. The van der Waals surface area contributed by atoms with E-state index in [9.17, 15) is 5.26 Å². The first kappa shape index (κ1) is 12.8. The molecule has 0 radical (unpaired) electrons. The van der Waals surface area contributed by atoms with Crippen molar-refractivity contribution in [2.75, 3.05) is 11.5 Å². The summed E-state index contributed by atoms with van der Waals surface area (Å²) in [6.07, 6.45) is 0. The van der Waals surface area contributed by atoms with E-state index in [1.165, 1.54) is 0 Å². The van der Waals surface area contributed by atoms with Gasteiger partial charge in [-0.3, -0.25) is 0 Å². The molecule has 2 rings (SSSR count). The molecule has 1 heterocycles. The summed E-state index contributed by atoms with van der Waals surface area (Å²) in [5.74, 6) is -0.0516. The smallest absolute Gasteiger partial charge is 0.222 e. The van der Waals surface area contributed by atoms with Gasteiger partial charge in [-0.25, -0.2) is 4.98 Å². The summed E-state index contributed by atoms with van der Waals surface area (Å²) in [4.78, 5) is 7.75. The van der Waals surface area contributed by atoms with Gasteiger partial charge < -0.3 is 11.5 Å². The first-order chi connectivity index (χ1) is 9.08. The first-order valence-electron chi connectivity index (χ1n) is 5.10. The molecule has 1 aromatic carbocycles. The summed E-state index contributed by atoms with van der Waals surface area (Å²) in [5.41, 5.74) is 12.4. The van der Waals surface area contributed by atoms with E-state index in [0.29, 0.717) is 15.6 Å². The molecule has 0 atom stereocenters. The van der Waals surface area contributed by atoms with Gasteiger partial charge in [-0.1, -0.05) is 12.1 Å². The predicted molar refractivity (Wildman–Crippen MR) is 73.4 cm³/mol. The van der Waals surface area contributed by atoms with E-state index in [2.05, 4.69) is 32.0 Å². The van der Waals surface area contributed by atoms with Crippen molar-refractivity contribution >= 4 is 27.7 Å². The van der Waals surface area contributed by atoms with Gasteiger partial charge in [-0.15, -0.1) is 0 Å². The van der Waals surface area contributed by atoms with Gasteiger partial charge in [0.05, 0.1) is 11.3 Å². The minimum absolute atomic E-state index is 0.00568. The van der Waals surface area contributed by atoms with Gasteiger partial charge in [-0.2, -0.15) is 15.5 Å². The number of rotatable bonds is 1. The molecule has 0 saturated carbocycles. The molecule has 1 aromatic heterocycles. The lowest BCUT2D eigenvalue weighted by Crippen LogP contribution is -2.05. The van der Waals surface area contributed by atoms with Crippen molar-refractivity contribution < 1.29 is 0 Å². The normalized spacial score (nSPS) is 9.63. The minimum Gasteiger partial charge on any atom is -0.382 e. The van der Waals surface area contributed by atoms with Gasteiger partial charge in [0.25, 0.3) is 0 Å². The van der Waals surface area contributed by atoms with E-state index in [1.54, 1.807) is 18.2 Å². The van der Waals surface area contributed by atoms with Crippen LogP contribution in [0.2, 0.25) is 0 Å². The molecule has 0 aliphatic heterocycles. The van der Waals surface area contributed by atoms with E-state index in [4.69, 9.17) is 16.7 Å². The van der Waals surface area contributed by atoms with Crippen molar-refractivity contribution in [3.05, 3.63) is 33.8 Å². The molecule has 4 N–H and O–H groups in total. The van der Waals surface area contributed by atoms with Crippen LogP contribution in [-0.4, -0.2) is 9.97 Å². The highest BCUT2D eigenvalue weighted by Gasteiger charge is 2.17. The Morgan fingerprint density at radius 2 is 1.74 bits per heavy atom. The Balaban J connectivity index is 2.85. The Morgan fingerprint density at radius 1 is 1.05 bits per heavy atom. The van der Waals surface area contributed by atoms with E-state index >= 15 is 0 Å². The number of nitriles is 2. The molecule has 0 spiro atoms. The van der Waals surface area contributed by atoms with E-state index in [0.717, 1.165) is 0 Å². The largest absolute Gasteiger partial charge is 0.382 e. The maximum atomic E-state index is 9.19. The Bertz CT molecular complexity index is 741. The summed E-state index contributed by atoms with van der Waals surface area (Å²) in [5, 5.41) is 18.3. The van der Waals surface area contributed by atoms with Crippen molar-refractivity contribution in [2.24, 2.45) is 0 Å². The van der Waals surface area contributed by atoms with Gasteiger partial charge in [0.15, 0.2) is 0 Å². The van der Waals surface area contributed by atoms with Gasteiger partial charge in [0.2, 0.25) is 5.95 Å². The number of halogens is 1. The highest BCUT2D eigenvalue weighted by Crippen LogP contribution is 2.31. The molecule has 19 heavy (non-hydrogen) atoms. The van der Waals surface area contributed by atoms with Gasteiger partial charge in [-0.05, 0) is 22.0 Å². The number of hydrogen-bond acceptors (Lipinski definition) is 6. The molecule has 92 valence electrons. The second kappa shape index (κ2) is 4.92. The highest BCUT2D eigenvalue weighted by atomic mass is 79.9. The fourth-order valence-corrected chi connectivity index (χ4v) is 2.09. The Kier molecular flexibility index (Phi) is 3.32. The zero-order valence-corrected chi connectivity index (χ0v) is 11.1. The molecule has 0 fully saturated rings. The standard InChI is InChI=1S/C12H7BrN6/c13-9-3-1-2-6(7(9)4-14)10-8(5-15)11(16)19-12(17)18-10/h1-3H,(H4,16,17,18,19). The summed E-state index contributed by atoms with van der Waals surface area (Å²) in [7, 11) is 0. The topological polar surface area (TPSA) is 125 Å². The van der Waals surface area contributed by atoms with E-state index in [1.807, 2.05) is 6.07 Å². The van der Waals surface area contributed by atoms with Crippen molar-refractivity contribution in [3.63, 3.8) is 0 Å². The summed E-state index contributed by atoms with van der Waals surface area (Å²) < 4.78 is 0.604. The number of nitrogens with two attached hydrogens (primary N) is 2. The zero-order chi connectivity index (χ0) is 14.0. The number of nitrogens with zero attached hydrogens (tertiary/aromatic N) is 4. The number of hydrogen-bond donors (Lipinski definition) is 2. The molecule has 6 nitrogen and oxygen atoms in total. The molecule has 7 heteroatoms. The summed E-state index contributed by atoms with van der Waals surface area (Å²) >= 11 is 3.28. The molecule has 0 amide bonds. The summed E-state index contributed by atoms with van der Waals surface area (Å²) in [6, 6.07) is 9.11. The molecule has 0 saturated heterocycles. The summed E-state index contributed by atoms with van der Waals surface area (Å²) in [6.45, 7) is 0. The van der Waals surface area contributed by atoms with Crippen molar-refractivity contribution in [1.29, 1.82) is 10.5 Å². The second-order valence-electron chi connectivity index (χ2n) is 3.58. The molecule has 2 aromatic rings. The number of nitrogen functional groups attached to an aromatic ring is 2. The Labute approximate surface area is 117 Å². The molecule has 0 bridgehead atoms. The van der Waals surface area contributed by atoms with Crippen LogP contribution in [0.5, 0.6) is 0 Å². The van der Waals surface area contributed by atoms with Crippen LogP contribution in [0, 0.1) is 22.7 Å². The average molecular weight is 315 g/mol.